The lowest BCUT2D eigenvalue weighted by Gasteiger charge is -2.23. The largest absolute Gasteiger partial charge is 0.493 e. The fraction of sp³-hybridized carbons (Fsp3) is 0.600. The third kappa shape index (κ3) is 16.1. The molecule has 0 bridgehead atoms. The maximum absolute atomic E-state index is 11.7. The molecule has 0 saturated carbocycles. The van der Waals surface area contributed by atoms with Gasteiger partial charge in [-0.2, -0.15) is 0 Å². The second kappa shape index (κ2) is 24.1. The van der Waals surface area contributed by atoms with Gasteiger partial charge in [-0.3, -0.25) is 19.4 Å². The number of carboxylic acid groups (broad SMARTS) is 1. The Kier molecular flexibility index (Phi) is 22.2. The van der Waals surface area contributed by atoms with Crippen molar-refractivity contribution >= 4 is 24.0 Å². The highest BCUT2D eigenvalue weighted by Crippen LogP contribution is 2.33. The molecule has 1 aliphatic rings. The number of nitrogens with zero attached hydrogens (tertiary/aromatic N) is 3. The number of anilines is 1. The summed E-state index contributed by atoms with van der Waals surface area (Å²) in [5.74, 6) is 1.63. The molecule has 3 rings (SSSR count). The molecule has 43 heavy (non-hydrogen) atoms. The van der Waals surface area contributed by atoms with Crippen molar-refractivity contribution in [3.8, 4) is 5.75 Å². The van der Waals surface area contributed by atoms with E-state index in [1.165, 1.54) is 17.5 Å². The van der Waals surface area contributed by atoms with E-state index in [1.54, 1.807) is 12.4 Å². The van der Waals surface area contributed by atoms with E-state index >= 15 is 0 Å². The zero-order chi connectivity index (χ0) is 32.6. The fourth-order valence-electron chi connectivity index (χ4n) is 4.69. The first kappa shape index (κ1) is 39.6. The van der Waals surface area contributed by atoms with Crippen molar-refractivity contribution in [3.05, 3.63) is 53.9 Å². The molecule has 0 spiro atoms. The first-order valence-corrected chi connectivity index (χ1v) is 16.0. The van der Waals surface area contributed by atoms with Gasteiger partial charge in [0.05, 0.1) is 18.5 Å². The average Bonchev–Trinajstić information content (AvgIpc) is 3.50. The van der Waals surface area contributed by atoms with Gasteiger partial charge in [0.2, 0.25) is 12.3 Å². The minimum absolute atomic E-state index is 0.163. The van der Waals surface area contributed by atoms with Crippen LogP contribution in [0.25, 0.3) is 0 Å². The van der Waals surface area contributed by atoms with Crippen molar-refractivity contribution in [2.24, 2.45) is 5.92 Å². The number of rotatable bonds is 14. The molecule has 2 atom stereocenters. The number of carboxylic acids is 1. The van der Waals surface area contributed by atoms with E-state index in [0.29, 0.717) is 18.3 Å². The number of pyridine rings is 1. The van der Waals surface area contributed by atoms with Crippen LogP contribution in [0.1, 0.15) is 111 Å². The molecule has 2 amide bonds. The number of aliphatic carboxylic acids is 1. The van der Waals surface area contributed by atoms with Crippen LogP contribution in [0.5, 0.6) is 5.75 Å². The Hall–Kier alpha value is -3.42. The summed E-state index contributed by atoms with van der Waals surface area (Å²) in [6.07, 6.45) is 11.6. The number of aromatic nitrogens is 1. The molecular formula is C35H57N3O5. The van der Waals surface area contributed by atoms with E-state index < -0.39 is 5.97 Å². The highest BCUT2D eigenvalue weighted by molar-refractivity contribution is 5.92. The summed E-state index contributed by atoms with van der Waals surface area (Å²) < 4.78 is 5.60. The van der Waals surface area contributed by atoms with Crippen LogP contribution in [0.3, 0.4) is 0 Å². The van der Waals surface area contributed by atoms with Crippen LogP contribution in [0.4, 0.5) is 5.69 Å². The number of fused-ring (bicyclic) bond motifs is 1. The number of ether oxygens (including phenoxy) is 1. The second-order valence-corrected chi connectivity index (χ2v) is 10.4. The standard InChI is InChI=1S/C19H29NO2.C12H18N2O.C2H4O2.C2H6/c1-4-16(12-15(3)8-10-20(5-2)14-21)17-6-7-19-18(13-17)9-11-22-19;1-3-5-9-14(12(15)4-2)11-7-6-8-13-10-11;1-2(3)4;1-2/h6-7,13-16H,4-5,8-12H2,1-3H3;6-8,10H,3-5,9H2,1-2H3;1H3,(H,3,4);1-2H3. The summed E-state index contributed by atoms with van der Waals surface area (Å²) in [6.45, 7) is 19.0. The van der Waals surface area contributed by atoms with Crippen LogP contribution in [0, 0.1) is 5.92 Å². The molecule has 2 unspecified atom stereocenters. The van der Waals surface area contributed by atoms with Crippen molar-refractivity contribution in [1.82, 2.24) is 9.88 Å². The molecule has 8 heteroatoms. The van der Waals surface area contributed by atoms with Crippen molar-refractivity contribution in [1.29, 1.82) is 0 Å². The topological polar surface area (TPSA) is 100 Å². The second-order valence-electron chi connectivity index (χ2n) is 10.4. The number of carbonyl (C=O) groups excluding carboxylic acids is 2. The third-order valence-electron chi connectivity index (χ3n) is 7.13. The molecule has 2 heterocycles. The van der Waals surface area contributed by atoms with Crippen LogP contribution >= 0.6 is 0 Å². The molecule has 1 aromatic carbocycles. The van der Waals surface area contributed by atoms with Crippen molar-refractivity contribution in [2.45, 2.75) is 106 Å². The molecule has 0 radical (unpaired) electrons. The van der Waals surface area contributed by atoms with Gasteiger partial charge in [-0.25, -0.2) is 0 Å². The molecule has 0 saturated heterocycles. The highest BCUT2D eigenvalue weighted by atomic mass is 16.5. The lowest BCUT2D eigenvalue weighted by atomic mass is 9.85. The van der Waals surface area contributed by atoms with Crippen molar-refractivity contribution in [2.75, 3.05) is 31.1 Å². The maximum atomic E-state index is 11.7. The summed E-state index contributed by atoms with van der Waals surface area (Å²) in [7, 11) is 0. The monoisotopic (exact) mass is 599 g/mol. The Morgan fingerprint density at radius 2 is 1.81 bits per heavy atom. The average molecular weight is 600 g/mol. The van der Waals surface area contributed by atoms with Crippen LogP contribution in [0.15, 0.2) is 42.7 Å². The Morgan fingerprint density at radius 1 is 1.12 bits per heavy atom. The summed E-state index contributed by atoms with van der Waals surface area (Å²) >= 11 is 0. The minimum atomic E-state index is -0.833. The van der Waals surface area contributed by atoms with Gasteiger partial charge in [0.15, 0.2) is 0 Å². The van der Waals surface area contributed by atoms with Gasteiger partial charge in [-0.15, -0.1) is 0 Å². The molecule has 8 nitrogen and oxygen atoms in total. The zero-order valence-electron chi connectivity index (χ0n) is 28.0. The Morgan fingerprint density at radius 3 is 2.35 bits per heavy atom. The SMILES string of the molecule is CC.CC(=O)O.CCC(CC(C)CCN(C=O)CC)c1ccc2c(c1)CCO2.CCCCN(C(=O)CC)c1cccnc1. The van der Waals surface area contributed by atoms with Crippen LogP contribution < -0.4 is 9.64 Å². The quantitative estimate of drug-likeness (QED) is 0.223. The molecule has 1 aromatic heterocycles. The predicted molar refractivity (Wildman–Crippen MR) is 177 cm³/mol. The number of hydrogen-bond donors (Lipinski definition) is 1. The zero-order valence-corrected chi connectivity index (χ0v) is 28.0. The first-order chi connectivity index (χ1) is 20.7. The summed E-state index contributed by atoms with van der Waals surface area (Å²) in [5, 5.41) is 7.42. The third-order valence-corrected chi connectivity index (χ3v) is 7.13. The van der Waals surface area contributed by atoms with Crippen molar-refractivity contribution in [3.63, 3.8) is 0 Å². The van der Waals surface area contributed by atoms with Crippen LogP contribution in [-0.2, 0) is 20.8 Å². The predicted octanol–water partition coefficient (Wildman–Crippen LogP) is 7.75. The van der Waals surface area contributed by atoms with Gasteiger partial charge in [0.25, 0.3) is 5.97 Å². The number of carbonyl (C=O) groups is 3. The van der Waals surface area contributed by atoms with E-state index in [-0.39, 0.29) is 5.91 Å². The van der Waals surface area contributed by atoms with Crippen LogP contribution in [-0.4, -0.2) is 59.5 Å². The Balaban J connectivity index is 0.000000728. The smallest absolute Gasteiger partial charge is 0.300 e. The van der Waals surface area contributed by atoms with Gasteiger partial charge >= 0.3 is 0 Å². The lowest BCUT2D eigenvalue weighted by Crippen LogP contribution is -2.31. The Bertz CT molecular complexity index is 1030. The van der Waals surface area contributed by atoms with E-state index in [0.717, 1.165) is 83.1 Å². The lowest BCUT2D eigenvalue weighted by molar-refractivity contribution is -0.134. The number of amides is 2. The van der Waals surface area contributed by atoms with E-state index in [9.17, 15) is 9.59 Å². The fourth-order valence-corrected chi connectivity index (χ4v) is 4.69. The normalized spacial score (nSPS) is 12.3. The maximum Gasteiger partial charge on any atom is 0.300 e. The summed E-state index contributed by atoms with van der Waals surface area (Å²) in [6, 6.07) is 10.5. The molecule has 0 fully saturated rings. The molecule has 1 N–H and O–H groups in total. The summed E-state index contributed by atoms with van der Waals surface area (Å²) in [5.41, 5.74) is 3.71. The van der Waals surface area contributed by atoms with E-state index in [1.807, 2.05) is 49.6 Å². The van der Waals surface area contributed by atoms with E-state index in [2.05, 4.69) is 44.0 Å². The molecular weight excluding hydrogens is 542 g/mol. The number of benzene rings is 1. The van der Waals surface area contributed by atoms with Crippen LogP contribution in [0.2, 0.25) is 0 Å². The number of unbranched alkanes of at least 4 members (excludes halogenated alkanes) is 1. The first-order valence-electron chi connectivity index (χ1n) is 16.0. The van der Waals surface area contributed by atoms with Gasteiger partial charge < -0.3 is 19.6 Å². The number of hydrogen-bond acceptors (Lipinski definition) is 5. The van der Waals surface area contributed by atoms with Gasteiger partial charge in [-0.1, -0.05) is 60.1 Å². The van der Waals surface area contributed by atoms with Gasteiger partial charge in [0.1, 0.15) is 5.75 Å². The molecule has 0 aliphatic carbocycles. The van der Waals surface area contributed by atoms with Gasteiger partial charge in [-0.05, 0) is 73.8 Å². The Labute approximate surface area is 260 Å². The highest BCUT2D eigenvalue weighted by Gasteiger charge is 2.18. The van der Waals surface area contributed by atoms with E-state index in [4.69, 9.17) is 14.6 Å². The van der Waals surface area contributed by atoms with Crippen molar-refractivity contribution < 1.29 is 24.2 Å². The minimum Gasteiger partial charge on any atom is -0.493 e. The molecule has 242 valence electrons. The molecule has 1 aliphatic heterocycles. The van der Waals surface area contributed by atoms with Gasteiger partial charge in [0, 0.05) is 45.6 Å². The summed E-state index contributed by atoms with van der Waals surface area (Å²) in [4.78, 5) is 39.3. The molecule has 2 aromatic rings.